The van der Waals surface area contributed by atoms with Gasteiger partial charge in [0.2, 0.25) is 0 Å². The van der Waals surface area contributed by atoms with E-state index in [9.17, 15) is 9.18 Å². The summed E-state index contributed by atoms with van der Waals surface area (Å²) in [6.45, 7) is 2.89. The molecular weight excluding hydrogens is 233 g/mol. The van der Waals surface area contributed by atoms with Gasteiger partial charge < -0.3 is 5.11 Å². The summed E-state index contributed by atoms with van der Waals surface area (Å²) in [7, 11) is 0. The van der Waals surface area contributed by atoms with Crippen LogP contribution in [0.25, 0.3) is 0 Å². The smallest absolute Gasteiger partial charge is 0.317 e. The maximum atomic E-state index is 12.9. The van der Waals surface area contributed by atoms with Gasteiger partial charge >= 0.3 is 5.97 Å². The zero-order valence-electron chi connectivity index (χ0n) is 8.91. The number of likely N-dealkylation sites (N-methyl/N-ethyl adjacent to an activating group) is 1. The van der Waals surface area contributed by atoms with Gasteiger partial charge in [-0.1, -0.05) is 24.6 Å². The lowest BCUT2D eigenvalue weighted by molar-refractivity contribution is -0.138. The van der Waals surface area contributed by atoms with E-state index < -0.39 is 11.8 Å². The lowest BCUT2D eigenvalue weighted by atomic mass is 10.2. The van der Waals surface area contributed by atoms with E-state index in [4.69, 9.17) is 16.7 Å². The summed E-state index contributed by atoms with van der Waals surface area (Å²) in [4.78, 5) is 12.3. The molecule has 3 nitrogen and oxygen atoms in total. The molecule has 0 unspecified atom stereocenters. The predicted octanol–water partition coefficient (Wildman–Crippen LogP) is 2.39. The van der Waals surface area contributed by atoms with Gasteiger partial charge in [0.25, 0.3) is 0 Å². The normalized spacial score (nSPS) is 10.8. The van der Waals surface area contributed by atoms with Crippen LogP contribution in [0.15, 0.2) is 18.2 Å². The number of carboxylic acid groups (broad SMARTS) is 1. The number of hydrogen-bond donors (Lipinski definition) is 1. The molecule has 88 valence electrons. The molecule has 0 aliphatic rings. The Kier molecular flexibility index (Phi) is 4.71. The van der Waals surface area contributed by atoms with Crippen molar-refractivity contribution in [2.75, 3.05) is 13.1 Å². The fraction of sp³-hybridized carbons (Fsp3) is 0.364. The lowest BCUT2D eigenvalue weighted by Gasteiger charge is -2.18. The molecule has 0 fully saturated rings. The van der Waals surface area contributed by atoms with Crippen LogP contribution in [0, 0.1) is 5.82 Å². The monoisotopic (exact) mass is 245 g/mol. The van der Waals surface area contributed by atoms with Crippen molar-refractivity contribution in [3.63, 3.8) is 0 Å². The molecule has 1 aromatic rings. The van der Waals surface area contributed by atoms with Gasteiger partial charge in [-0.05, 0) is 24.2 Å². The second-order valence-electron chi connectivity index (χ2n) is 3.45. The Morgan fingerprint density at radius 2 is 2.25 bits per heavy atom. The molecule has 0 amide bonds. The molecular formula is C11H13ClFNO2. The Balaban J connectivity index is 2.70. The predicted molar refractivity (Wildman–Crippen MR) is 60.0 cm³/mol. The summed E-state index contributed by atoms with van der Waals surface area (Å²) >= 11 is 5.64. The van der Waals surface area contributed by atoms with Crippen molar-refractivity contribution in [1.82, 2.24) is 4.90 Å². The fourth-order valence-corrected chi connectivity index (χ4v) is 1.57. The maximum absolute atomic E-state index is 12.9. The highest BCUT2D eigenvalue weighted by atomic mass is 35.5. The average molecular weight is 246 g/mol. The van der Waals surface area contributed by atoms with E-state index in [0.29, 0.717) is 13.1 Å². The molecule has 16 heavy (non-hydrogen) atoms. The molecule has 1 N–H and O–H groups in total. The number of hydrogen-bond acceptors (Lipinski definition) is 2. The molecule has 1 aromatic carbocycles. The summed E-state index contributed by atoms with van der Waals surface area (Å²) in [5.41, 5.74) is 0.800. The van der Waals surface area contributed by atoms with E-state index >= 15 is 0 Å². The molecule has 0 saturated heterocycles. The van der Waals surface area contributed by atoms with Crippen LogP contribution < -0.4 is 0 Å². The molecule has 0 spiro atoms. The number of carboxylic acids is 1. The summed E-state index contributed by atoms with van der Waals surface area (Å²) in [5.74, 6) is -1.35. The third-order valence-corrected chi connectivity index (χ3v) is 2.49. The minimum absolute atomic E-state index is 0.0362. The highest BCUT2D eigenvalue weighted by molar-refractivity contribution is 6.30. The third kappa shape index (κ3) is 3.79. The first-order valence-corrected chi connectivity index (χ1v) is 5.28. The molecule has 0 radical (unpaired) electrons. The van der Waals surface area contributed by atoms with Crippen molar-refractivity contribution in [2.24, 2.45) is 0 Å². The van der Waals surface area contributed by atoms with E-state index in [1.54, 1.807) is 11.0 Å². The first-order chi connectivity index (χ1) is 7.52. The van der Waals surface area contributed by atoms with Gasteiger partial charge in [-0.2, -0.15) is 0 Å². The van der Waals surface area contributed by atoms with Crippen molar-refractivity contribution in [3.05, 3.63) is 34.6 Å². The van der Waals surface area contributed by atoms with Crippen LogP contribution in [-0.4, -0.2) is 29.1 Å². The molecule has 0 bridgehead atoms. The van der Waals surface area contributed by atoms with Crippen LogP contribution in [-0.2, 0) is 11.3 Å². The molecule has 0 atom stereocenters. The number of carbonyl (C=O) groups is 1. The third-order valence-electron chi connectivity index (χ3n) is 2.20. The summed E-state index contributed by atoms with van der Waals surface area (Å²) in [6.07, 6.45) is 0. The Bertz CT molecular complexity index is 384. The first kappa shape index (κ1) is 12.9. The van der Waals surface area contributed by atoms with E-state index in [-0.39, 0.29) is 11.6 Å². The molecule has 0 aliphatic carbocycles. The fourth-order valence-electron chi connectivity index (χ4n) is 1.37. The first-order valence-electron chi connectivity index (χ1n) is 4.91. The maximum Gasteiger partial charge on any atom is 0.317 e. The van der Waals surface area contributed by atoms with Crippen molar-refractivity contribution < 1.29 is 14.3 Å². The quantitative estimate of drug-likeness (QED) is 0.866. The van der Waals surface area contributed by atoms with Crippen LogP contribution in [0.2, 0.25) is 5.02 Å². The Morgan fingerprint density at radius 3 is 2.75 bits per heavy atom. The van der Waals surface area contributed by atoms with Gasteiger partial charge in [-0.25, -0.2) is 4.39 Å². The zero-order valence-corrected chi connectivity index (χ0v) is 9.67. The van der Waals surface area contributed by atoms with Gasteiger partial charge in [0, 0.05) is 6.54 Å². The van der Waals surface area contributed by atoms with Gasteiger partial charge in [0.05, 0.1) is 11.6 Å². The number of nitrogens with zero attached hydrogens (tertiary/aromatic N) is 1. The molecule has 1 rings (SSSR count). The minimum atomic E-state index is -0.880. The van der Waals surface area contributed by atoms with Gasteiger partial charge in [-0.15, -0.1) is 0 Å². The molecule has 5 heteroatoms. The molecule has 0 saturated carbocycles. The van der Waals surface area contributed by atoms with Gasteiger partial charge in [0.15, 0.2) is 0 Å². The summed E-state index contributed by atoms with van der Waals surface area (Å²) in [5, 5.41) is 8.72. The van der Waals surface area contributed by atoms with Crippen LogP contribution in [0.5, 0.6) is 0 Å². The van der Waals surface area contributed by atoms with Crippen molar-refractivity contribution in [2.45, 2.75) is 13.5 Å². The number of rotatable bonds is 5. The number of halogens is 2. The van der Waals surface area contributed by atoms with Crippen LogP contribution in [0.3, 0.4) is 0 Å². The van der Waals surface area contributed by atoms with Crippen LogP contribution in [0.1, 0.15) is 12.5 Å². The van der Waals surface area contributed by atoms with Crippen molar-refractivity contribution >= 4 is 17.6 Å². The van der Waals surface area contributed by atoms with E-state index in [1.807, 2.05) is 6.92 Å². The highest BCUT2D eigenvalue weighted by Gasteiger charge is 2.09. The Morgan fingerprint density at radius 1 is 1.56 bits per heavy atom. The van der Waals surface area contributed by atoms with E-state index in [1.165, 1.54) is 12.1 Å². The van der Waals surface area contributed by atoms with Gasteiger partial charge in [-0.3, -0.25) is 9.69 Å². The number of aliphatic carboxylic acids is 1. The summed E-state index contributed by atoms with van der Waals surface area (Å²) < 4.78 is 12.9. The van der Waals surface area contributed by atoms with E-state index in [2.05, 4.69) is 0 Å². The number of benzene rings is 1. The van der Waals surface area contributed by atoms with Crippen molar-refractivity contribution in [3.8, 4) is 0 Å². The SMILES string of the molecule is CCN(CC(=O)O)Cc1ccc(F)c(Cl)c1. The van der Waals surface area contributed by atoms with Crippen LogP contribution in [0.4, 0.5) is 4.39 Å². The highest BCUT2D eigenvalue weighted by Crippen LogP contribution is 2.17. The zero-order chi connectivity index (χ0) is 12.1. The lowest BCUT2D eigenvalue weighted by Crippen LogP contribution is -2.29. The minimum Gasteiger partial charge on any atom is -0.480 e. The molecule has 0 aromatic heterocycles. The standard InChI is InChI=1S/C11H13ClFNO2/c1-2-14(7-11(15)16)6-8-3-4-10(13)9(12)5-8/h3-5H,2,6-7H2,1H3,(H,15,16). The van der Waals surface area contributed by atoms with E-state index in [0.717, 1.165) is 5.56 Å². The molecule has 0 heterocycles. The van der Waals surface area contributed by atoms with Crippen LogP contribution >= 0.6 is 11.6 Å². The summed E-state index contributed by atoms with van der Waals surface area (Å²) in [6, 6.07) is 4.40. The molecule has 0 aliphatic heterocycles. The second kappa shape index (κ2) is 5.82. The Hall–Kier alpha value is -1.13. The van der Waals surface area contributed by atoms with Crippen molar-refractivity contribution in [1.29, 1.82) is 0 Å². The Labute approximate surface area is 98.4 Å². The van der Waals surface area contributed by atoms with Gasteiger partial charge in [0.1, 0.15) is 5.82 Å². The average Bonchev–Trinajstić information content (AvgIpc) is 2.22. The topological polar surface area (TPSA) is 40.5 Å². The second-order valence-corrected chi connectivity index (χ2v) is 3.85. The largest absolute Gasteiger partial charge is 0.480 e.